The summed E-state index contributed by atoms with van der Waals surface area (Å²) < 4.78 is 24.7. The first-order valence-electron chi connectivity index (χ1n) is 4.85. The zero-order chi connectivity index (χ0) is 9.73. The van der Waals surface area contributed by atoms with Crippen LogP contribution in [-0.2, 0) is 10.0 Å². The minimum Gasteiger partial charge on any atom is -0.314 e. The van der Waals surface area contributed by atoms with Crippen LogP contribution in [0.2, 0.25) is 0 Å². The van der Waals surface area contributed by atoms with Crippen LogP contribution in [0.1, 0.15) is 26.2 Å². The summed E-state index contributed by atoms with van der Waals surface area (Å²) in [6, 6.07) is 0.513. The molecule has 0 unspecified atom stereocenters. The standard InChI is InChI=1S/C8H18N2O2S/c1-2-13(11,12)10-7-5-8-4-3-6-9-8/h8-10H,2-7H2,1H3/t8-/m0/s1. The largest absolute Gasteiger partial charge is 0.314 e. The number of nitrogens with one attached hydrogen (secondary N) is 2. The van der Waals surface area contributed by atoms with E-state index in [1.54, 1.807) is 6.92 Å². The molecule has 0 amide bonds. The summed E-state index contributed by atoms with van der Waals surface area (Å²) in [7, 11) is -2.99. The van der Waals surface area contributed by atoms with Crippen molar-refractivity contribution < 1.29 is 8.42 Å². The minimum absolute atomic E-state index is 0.172. The number of sulfonamides is 1. The highest BCUT2D eigenvalue weighted by atomic mass is 32.2. The Morgan fingerprint density at radius 3 is 2.85 bits per heavy atom. The van der Waals surface area contributed by atoms with Crippen LogP contribution in [0.3, 0.4) is 0 Å². The van der Waals surface area contributed by atoms with Gasteiger partial charge >= 0.3 is 0 Å². The maximum absolute atomic E-state index is 11.0. The fraction of sp³-hybridized carbons (Fsp3) is 1.00. The lowest BCUT2D eigenvalue weighted by atomic mass is 10.2. The van der Waals surface area contributed by atoms with Crippen LogP contribution in [0.5, 0.6) is 0 Å². The van der Waals surface area contributed by atoms with Gasteiger partial charge in [0.15, 0.2) is 0 Å². The van der Waals surface area contributed by atoms with E-state index in [0.29, 0.717) is 12.6 Å². The Morgan fingerprint density at radius 1 is 1.54 bits per heavy atom. The Kier molecular flexibility index (Phi) is 4.15. The van der Waals surface area contributed by atoms with E-state index in [4.69, 9.17) is 0 Å². The first-order chi connectivity index (χ1) is 6.14. The van der Waals surface area contributed by atoms with E-state index in [0.717, 1.165) is 13.0 Å². The molecule has 0 aromatic rings. The van der Waals surface area contributed by atoms with Crippen molar-refractivity contribution >= 4 is 10.0 Å². The lowest BCUT2D eigenvalue weighted by molar-refractivity contribution is 0.540. The van der Waals surface area contributed by atoms with Gasteiger partial charge in [0.05, 0.1) is 5.75 Å². The Morgan fingerprint density at radius 2 is 2.31 bits per heavy atom. The molecule has 1 aliphatic rings. The molecule has 1 saturated heterocycles. The summed E-state index contributed by atoms with van der Waals surface area (Å²) >= 11 is 0. The van der Waals surface area contributed by atoms with E-state index in [1.165, 1.54) is 12.8 Å². The van der Waals surface area contributed by atoms with E-state index in [2.05, 4.69) is 10.0 Å². The number of hydrogen-bond donors (Lipinski definition) is 2. The molecule has 1 aliphatic heterocycles. The van der Waals surface area contributed by atoms with Gasteiger partial charge in [-0.2, -0.15) is 0 Å². The molecule has 13 heavy (non-hydrogen) atoms. The van der Waals surface area contributed by atoms with Gasteiger partial charge in [-0.05, 0) is 32.7 Å². The fourth-order valence-corrected chi connectivity index (χ4v) is 2.13. The van der Waals surface area contributed by atoms with Gasteiger partial charge in [0, 0.05) is 12.6 Å². The number of rotatable bonds is 5. The Labute approximate surface area is 80.1 Å². The van der Waals surface area contributed by atoms with Crippen molar-refractivity contribution in [2.45, 2.75) is 32.2 Å². The van der Waals surface area contributed by atoms with Gasteiger partial charge in [-0.15, -0.1) is 0 Å². The second-order valence-electron chi connectivity index (χ2n) is 3.38. The lowest BCUT2D eigenvalue weighted by Crippen LogP contribution is -2.31. The third kappa shape index (κ3) is 4.06. The summed E-state index contributed by atoms with van der Waals surface area (Å²) in [5.74, 6) is 0.172. The molecular weight excluding hydrogens is 188 g/mol. The molecule has 0 spiro atoms. The van der Waals surface area contributed by atoms with Crippen molar-refractivity contribution in [2.24, 2.45) is 0 Å². The SMILES string of the molecule is CCS(=O)(=O)NCC[C@@H]1CCCN1. The van der Waals surface area contributed by atoms with E-state index in [9.17, 15) is 8.42 Å². The van der Waals surface area contributed by atoms with Gasteiger partial charge < -0.3 is 5.32 Å². The zero-order valence-corrected chi connectivity index (χ0v) is 8.86. The lowest BCUT2D eigenvalue weighted by Gasteiger charge is -2.10. The molecule has 0 radical (unpaired) electrons. The van der Waals surface area contributed by atoms with Crippen molar-refractivity contribution in [1.29, 1.82) is 0 Å². The topological polar surface area (TPSA) is 58.2 Å². The molecule has 0 aliphatic carbocycles. The Bertz CT molecular complexity index is 233. The molecule has 5 heteroatoms. The van der Waals surface area contributed by atoms with Gasteiger partial charge in [0.1, 0.15) is 0 Å². The molecule has 0 bridgehead atoms. The summed E-state index contributed by atoms with van der Waals surface area (Å²) in [4.78, 5) is 0. The monoisotopic (exact) mass is 206 g/mol. The van der Waals surface area contributed by atoms with E-state index in [1.807, 2.05) is 0 Å². The zero-order valence-electron chi connectivity index (χ0n) is 8.04. The van der Waals surface area contributed by atoms with E-state index >= 15 is 0 Å². The fourth-order valence-electron chi connectivity index (χ4n) is 1.49. The molecule has 78 valence electrons. The van der Waals surface area contributed by atoms with Crippen LogP contribution >= 0.6 is 0 Å². The Balaban J connectivity index is 2.13. The van der Waals surface area contributed by atoms with Crippen LogP contribution in [0.4, 0.5) is 0 Å². The highest BCUT2D eigenvalue weighted by molar-refractivity contribution is 7.89. The number of hydrogen-bond acceptors (Lipinski definition) is 3. The average molecular weight is 206 g/mol. The Hall–Kier alpha value is -0.130. The minimum atomic E-state index is -2.99. The smallest absolute Gasteiger partial charge is 0.211 e. The van der Waals surface area contributed by atoms with E-state index < -0.39 is 10.0 Å². The van der Waals surface area contributed by atoms with Crippen LogP contribution in [0.15, 0.2) is 0 Å². The molecule has 1 atom stereocenters. The van der Waals surface area contributed by atoms with Gasteiger partial charge in [-0.3, -0.25) is 0 Å². The normalized spacial score (nSPS) is 23.6. The van der Waals surface area contributed by atoms with Crippen molar-refractivity contribution in [3.8, 4) is 0 Å². The van der Waals surface area contributed by atoms with Crippen molar-refractivity contribution in [3.63, 3.8) is 0 Å². The van der Waals surface area contributed by atoms with Crippen LogP contribution in [0.25, 0.3) is 0 Å². The molecule has 1 fully saturated rings. The van der Waals surface area contributed by atoms with Gasteiger partial charge in [-0.25, -0.2) is 13.1 Å². The first-order valence-corrected chi connectivity index (χ1v) is 6.50. The summed E-state index contributed by atoms with van der Waals surface area (Å²) in [5, 5.41) is 3.33. The predicted molar refractivity (Wildman–Crippen MR) is 53.1 cm³/mol. The summed E-state index contributed by atoms with van der Waals surface area (Å²) in [5.41, 5.74) is 0. The molecule has 1 heterocycles. The maximum atomic E-state index is 11.0. The summed E-state index contributed by atoms with van der Waals surface area (Å²) in [6.45, 7) is 3.29. The quantitative estimate of drug-likeness (QED) is 0.669. The van der Waals surface area contributed by atoms with Gasteiger partial charge in [-0.1, -0.05) is 0 Å². The van der Waals surface area contributed by atoms with E-state index in [-0.39, 0.29) is 5.75 Å². The average Bonchev–Trinajstić information content (AvgIpc) is 2.57. The van der Waals surface area contributed by atoms with Crippen LogP contribution in [-0.4, -0.2) is 33.3 Å². The molecule has 0 aromatic carbocycles. The maximum Gasteiger partial charge on any atom is 0.211 e. The van der Waals surface area contributed by atoms with Crippen LogP contribution in [0, 0.1) is 0 Å². The molecule has 4 nitrogen and oxygen atoms in total. The molecule has 1 rings (SSSR count). The highest BCUT2D eigenvalue weighted by Crippen LogP contribution is 2.07. The molecular formula is C8H18N2O2S. The van der Waals surface area contributed by atoms with Crippen molar-refractivity contribution in [2.75, 3.05) is 18.8 Å². The van der Waals surface area contributed by atoms with Crippen molar-refractivity contribution in [3.05, 3.63) is 0 Å². The highest BCUT2D eigenvalue weighted by Gasteiger charge is 2.14. The molecule has 0 aromatic heterocycles. The second-order valence-corrected chi connectivity index (χ2v) is 5.48. The van der Waals surface area contributed by atoms with Crippen molar-refractivity contribution in [1.82, 2.24) is 10.0 Å². The third-order valence-corrected chi connectivity index (χ3v) is 3.76. The molecule has 0 saturated carbocycles. The molecule has 2 N–H and O–H groups in total. The van der Waals surface area contributed by atoms with Crippen LogP contribution < -0.4 is 10.0 Å². The first kappa shape index (κ1) is 10.9. The summed E-state index contributed by atoms with van der Waals surface area (Å²) in [6.07, 6.45) is 3.29. The van der Waals surface area contributed by atoms with Gasteiger partial charge in [0.25, 0.3) is 0 Å². The third-order valence-electron chi connectivity index (χ3n) is 2.36. The van der Waals surface area contributed by atoms with Gasteiger partial charge in [0.2, 0.25) is 10.0 Å². The predicted octanol–water partition coefficient (Wildman–Crippen LogP) is 0.0678. The second kappa shape index (κ2) is 4.93.